The summed E-state index contributed by atoms with van der Waals surface area (Å²) >= 11 is 3.42. The van der Waals surface area contributed by atoms with Crippen LogP contribution in [-0.2, 0) is 4.79 Å². The Bertz CT molecular complexity index is 469. The molecule has 0 radical (unpaired) electrons. The number of nitrogens with zero attached hydrogens (tertiary/aromatic N) is 1. The fraction of sp³-hybridized carbons (Fsp3) is 0.357. The van der Waals surface area contributed by atoms with E-state index in [9.17, 15) is 4.79 Å². The van der Waals surface area contributed by atoms with Gasteiger partial charge in [0.25, 0.3) is 5.91 Å². The van der Waals surface area contributed by atoms with Crippen molar-refractivity contribution in [3.05, 3.63) is 34.3 Å². The van der Waals surface area contributed by atoms with Crippen molar-refractivity contribution in [1.82, 2.24) is 4.90 Å². The standard InChI is InChI=1S/C14H14BrNO/c1-2-4-14(17)16-10-3-5-13(16)11-6-8-12(15)9-7-11/h6-9,13H,3,5,10H2,1H3. The highest BCUT2D eigenvalue weighted by Crippen LogP contribution is 2.32. The number of hydrogen-bond donors (Lipinski definition) is 0. The molecular formula is C14H14BrNO. The quantitative estimate of drug-likeness (QED) is 0.728. The molecule has 1 aromatic rings. The van der Waals surface area contributed by atoms with Crippen LogP contribution in [0.3, 0.4) is 0 Å². The minimum absolute atomic E-state index is 0.0575. The molecule has 3 heteroatoms. The highest BCUT2D eigenvalue weighted by Gasteiger charge is 2.28. The average Bonchev–Trinajstić information content (AvgIpc) is 2.79. The molecule has 0 bridgehead atoms. The van der Waals surface area contributed by atoms with E-state index in [1.54, 1.807) is 6.92 Å². The van der Waals surface area contributed by atoms with Gasteiger partial charge in [0.1, 0.15) is 0 Å². The van der Waals surface area contributed by atoms with Crippen LogP contribution in [0.5, 0.6) is 0 Å². The van der Waals surface area contributed by atoms with E-state index in [0.717, 1.165) is 23.9 Å². The Morgan fingerprint density at radius 2 is 2.12 bits per heavy atom. The van der Waals surface area contributed by atoms with E-state index in [1.165, 1.54) is 5.56 Å². The van der Waals surface area contributed by atoms with Crippen LogP contribution in [0.15, 0.2) is 28.7 Å². The predicted molar refractivity (Wildman–Crippen MR) is 71.3 cm³/mol. The van der Waals surface area contributed by atoms with E-state index in [-0.39, 0.29) is 11.9 Å². The van der Waals surface area contributed by atoms with Crippen LogP contribution < -0.4 is 0 Å². The van der Waals surface area contributed by atoms with E-state index in [4.69, 9.17) is 0 Å². The van der Waals surface area contributed by atoms with Crippen molar-refractivity contribution in [1.29, 1.82) is 0 Å². The Morgan fingerprint density at radius 3 is 2.76 bits per heavy atom. The van der Waals surface area contributed by atoms with Gasteiger partial charge < -0.3 is 4.90 Å². The Labute approximate surface area is 110 Å². The molecule has 1 amide bonds. The summed E-state index contributed by atoms with van der Waals surface area (Å²) in [6.07, 6.45) is 2.08. The maximum Gasteiger partial charge on any atom is 0.298 e. The van der Waals surface area contributed by atoms with Gasteiger partial charge in [0.2, 0.25) is 0 Å². The molecule has 2 nitrogen and oxygen atoms in total. The molecule has 0 aromatic heterocycles. The Balaban J connectivity index is 2.21. The van der Waals surface area contributed by atoms with Crippen molar-refractivity contribution >= 4 is 21.8 Å². The number of carbonyl (C=O) groups is 1. The summed E-state index contributed by atoms with van der Waals surface area (Å²) in [7, 11) is 0. The molecule has 1 aromatic carbocycles. The topological polar surface area (TPSA) is 20.3 Å². The van der Waals surface area contributed by atoms with Gasteiger partial charge in [-0.3, -0.25) is 4.79 Å². The second-order valence-electron chi connectivity index (χ2n) is 4.08. The number of hydrogen-bond acceptors (Lipinski definition) is 1. The largest absolute Gasteiger partial charge is 0.325 e. The van der Waals surface area contributed by atoms with Crippen LogP contribution in [0.4, 0.5) is 0 Å². The molecule has 1 heterocycles. The first kappa shape index (κ1) is 12.2. The van der Waals surface area contributed by atoms with Gasteiger partial charge in [-0.2, -0.15) is 0 Å². The number of likely N-dealkylation sites (tertiary alicyclic amines) is 1. The van der Waals surface area contributed by atoms with Crippen LogP contribution in [0, 0.1) is 11.8 Å². The third-order valence-corrected chi connectivity index (χ3v) is 3.53. The summed E-state index contributed by atoms with van der Waals surface area (Å²) in [5.41, 5.74) is 1.19. The molecule has 2 rings (SSSR count). The second kappa shape index (κ2) is 5.37. The van der Waals surface area contributed by atoms with E-state index < -0.39 is 0 Å². The number of benzene rings is 1. The van der Waals surface area contributed by atoms with Crippen LogP contribution >= 0.6 is 15.9 Å². The fourth-order valence-corrected chi connectivity index (χ4v) is 2.48. The predicted octanol–water partition coefficient (Wildman–Crippen LogP) is 3.14. The lowest BCUT2D eigenvalue weighted by molar-refractivity contribution is -0.126. The van der Waals surface area contributed by atoms with Crippen molar-refractivity contribution < 1.29 is 4.79 Å². The van der Waals surface area contributed by atoms with Gasteiger partial charge in [-0.15, -0.1) is 0 Å². The first-order valence-electron chi connectivity index (χ1n) is 5.71. The van der Waals surface area contributed by atoms with Crippen molar-refractivity contribution in [2.75, 3.05) is 6.54 Å². The van der Waals surface area contributed by atoms with E-state index in [1.807, 2.05) is 17.0 Å². The molecule has 1 aliphatic heterocycles. The van der Waals surface area contributed by atoms with E-state index >= 15 is 0 Å². The van der Waals surface area contributed by atoms with Gasteiger partial charge in [-0.05, 0) is 43.4 Å². The van der Waals surface area contributed by atoms with Gasteiger partial charge in [-0.25, -0.2) is 0 Å². The highest BCUT2D eigenvalue weighted by molar-refractivity contribution is 9.10. The summed E-state index contributed by atoms with van der Waals surface area (Å²) in [5.74, 6) is 5.25. The van der Waals surface area contributed by atoms with E-state index in [2.05, 4.69) is 39.9 Å². The summed E-state index contributed by atoms with van der Waals surface area (Å²) in [4.78, 5) is 13.7. The lowest BCUT2D eigenvalue weighted by atomic mass is 10.0. The van der Waals surface area contributed by atoms with Gasteiger partial charge >= 0.3 is 0 Å². The van der Waals surface area contributed by atoms with Crippen LogP contribution in [-0.4, -0.2) is 17.4 Å². The number of carbonyl (C=O) groups excluding carboxylic acids is 1. The first-order valence-corrected chi connectivity index (χ1v) is 6.50. The molecule has 1 atom stereocenters. The Kier molecular flexibility index (Phi) is 3.86. The van der Waals surface area contributed by atoms with Crippen molar-refractivity contribution in [3.63, 3.8) is 0 Å². The Hall–Kier alpha value is -1.27. The minimum Gasteiger partial charge on any atom is -0.325 e. The molecule has 0 N–H and O–H groups in total. The lowest BCUT2D eigenvalue weighted by Crippen LogP contribution is -2.29. The van der Waals surface area contributed by atoms with Gasteiger partial charge in [0.15, 0.2) is 0 Å². The average molecular weight is 292 g/mol. The van der Waals surface area contributed by atoms with Crippen molar-refractivity contribution in [2.24, 2.45) is 0 Å². The molecule has 1 saturated heterocycles. The molecule has 0 saturated carbocycles. The van der Waals surface area contributed by atoms with Crippen LogP contribution in [0.25, 0.3) is 0 Å². The van der Waals surface area contributed by atoms with Crippen LogP contribution in [0.1, 0.15) is 31.4 Å². The lowest BCUT2D eigenvalue weighted by Gasteiger charge is -2.22. The minimum atomic E-state index is -0.0575. The van der Waals surface area contributed by atoms with Gasteiger partial charge in [-0.1, -0.05) is 34.0 Å². The molecule has 0 aliphatic carbocycles. The summed E-state index contributed by atoms with van der Waals surface area (Å²) in [5, 5.41) is 0. The monoisotopic (exact) mass is 291 g/mol. The van der Waals surface area contributed by atoms with Gasteiger partial charge in [0.05, 0.1) is 6.04 Å². The third-order valence-electron chi connectivity index (χ3n) is 3.00. The van der Waals surface area contributed by atoms with Crippen molar-refractivity contribution in [2.45, 2.75) is 25.8 Å². The number of halogens is 1. The zero-order valence-electron chi connectivity index (χ0n) is 9.74. The van der Waals surface area contributed by atoms with E-state index in [0.29, 0.717) is 0 Å². The first-order chi connectivity index (χ1) is 8.22. The molecule has 1 unspecified atom stereocenters. The third kappa shape index (κ3) is 2.70. The van der Waals surface area contributed by atoms with Crippen molar-refractivity contribution in [3.8, 4) is 11.8 Å². The second-order valence-corrected chi connectivity index (χ2v) is 5.00. The molecule has 1 fully saturated rings. The highest BCUT2D eigenvalue weighted by atomic mass is 79.9. The van der Waals surface area contributed by atoms with Crippen LogP contribution in [0.2, 0.25) is 0 Å². The zero-order chi connectivity index (χ0) is 12.3. The maximum absolute atomic E-state index is 11.8. The molecule has 88 valence electrons. The zero-order valence-corrected chi connectivity index (χ0v) is 11.3. The molecule has 1 aliphatic rings. The summed E-state index contributed by atoms with van der Waals surface area (Å²) in [6, 6.07) is 8.36. The number of amides is 1. The fourth-order valence-electron chi connectivity index (χ4n) is 2.22. The number of rotatable bonds is 1. The normalized spacial score (nSPS) is 18.7. The summed E-state index contributed by atoms with van der Waals surface area (Å²) in [6.45, 7) is 2.51. The smallest absolute Gasteiger partial charge is 0.298 e. The maximum atomic E-state index is 11.8. The molecule has 0 spiro atoms. The summed E-state index contributed by atoms with van der Waals surface area (Å²) < 4.78 is 1.06. The van der Waals surface area contributed by atoms with Gasteiger partial charge in [0, 0.05) is 11.0 Å². The SMILES string of the molecule is CC#CC(=O)N1CCCC1c1ccc(Br)cc1. The molecular weight excluding hydrogens is 278 g/mol. The Morgan fingerprint density at radius 1 is 1.41 bits per heavy atom. The molecule has 17 heavy (non-hydrogen) atoms.